The zero-order chi connectivity index (χ0) is 14.3. The Morgan fingerprint density at radius 3 is 2.80 bits per heavy atom. The average molecular weight is 271 g/mol. The summed E-state index contributed by atoms with van der Waals surface area (Å²) in [5.41, 5.74) is 7.42. The quantitative estimate of drug-likeness (QED) is 0.789. The summed E-state index contributed by atoms with van der Waals surface area (Å²) in [6.45, 7) is 4.27. The number of anilines is 1. The van der Waals surface area contributed by atoms with Crippen LogP contribution in [0.15, 0.2) is 18.2 Å². The van der Waals surface area contributed by atoms with E-state index in [-0.39, 0.29) is 0 Å². The molecule has 0 saturated heterocycles. The van der Waals surface area contributed by atoms with Crippen LogP contribution in [0, 0.1) is 5.92 Å². The van der Waals surface area contributed by atoms with Gasteiger partial charge < -0.3 is 10.5 Å². The van der Waals surface area contributed by atoms with E-state index in [4.69, 9.17) is 10.5 Å². The van der Waals surface area contributed by atoms with Gasteiger partial charge in [0, 0.05) is 11.8 Å². The highest BCUT2D eigenvalue weighted by Crippen LogP contribution is 2.27. The Balaban J connectivity index is 2.32. The standard InChI is InChI=1S/C14H17N5O/c1-8(2)7-11-16-13-9-5-4-6-10(20-3)12(9)17-14(15)19(13)18-11/h4-6,8H,7H2,1-3H3,(H2,15,17). The molecule has 20 heavy (non-hydrogen) atoms. The highest BCUT2D eigenvalue weighted by molar-refractivity contribution is 5.95. The molecule has 6 nitrogen and oxygen atoms in total. The highest BCUT2D eigenvalue weighted by atomic mass is 16.5. The van der Waals surface area contributed by atoms with E-state index in [9.17, 15) is 0 Å². The first-order chi connectivity index (χ1) is 9.60. The topological polar surface area (TPSA) is 78.3 Å². The molecular weight excluding hydrogens is 254 g/mol. The lowest BCUT2D eigenvalue weighted by Crippen LogP contribution is -2.04. The van der Waals surface area contributed by atoms with Gasteiger partial charge in [-0.2, -0.15) is 4.52 Å². The van der Waals surface area contributed by atoms with Gasteiger partial charge in [-0.25, -0.2) is 9.97 Å². The lowest BCUT2D eigenvalue weighted by molar-refractivity contribution is 0.419. The highest BCUT2D eigenvalue weighted by Gasteiger charge is 2.14. The van der Waals surface area contributed by atoms with Crippen LogP contribution >= 0.6 is 0 Å². The molecule has 104 valence electrons. The maximum Gasteiger partial charge on any atom is 0.223 e. The van der Waals surface area contributed by atoms with Crippen molar-refractivity contribution in [1.82, 2.24) is 19.6 Å². The molecule has 0 aliphatic heterocycles. The number of para-hydroxylation sites is 1. The number of hydrogen-bond acceptors (Lipinski definition) is 5. The van der Waals surface area contributed by atoms with Crippen LogP contribution < -0.4 is 10.5 Å². The van der Waals surface area contributed by atoms with Gasteiger partial charge in [-0.15, -0.1) is 5.10 Å². The molecule has 0 aliphatic carbocycles. The second-order valence-electron chi connectivity index (χ2n) is 5.19. The van der Waals surface area contributed by atoms with E-state index >= 15 is 0 Å². The van der Waals surface area contributed by atoms with Gasteiger partial charge in [-0.05, 0) is 18.1 Å². The summed E-state index contributed by atoms with van der Waals surface area (Å²) in [4.78, 5) is 8.97. The van der Waals surface area contributed by atoms with Gasteiger partial charge >= 0.3 is 0 Å². The van der Waals surface area contributed by atoms with Gasteiger partial charge in [0.25, 0.3) is 0 Å². The number of nitrogens with two attached hydrogens (primary N) is 1. The Bertz CT molecular complexity index is 778. The average Bonchev–Trinajstić information content (AvgIpc) is 2.82. The minimum absolute atomic E-state index is 0.319. The number of rotatable bonds is 3. The predicted octanol–water partition coefficient (Wildman–Crippen LogP) is 2.07. The lowest BCUT2D eigenvalue weighted by Gasteiger charge is -2.06. The molecule has 2 N–H and O–H groups in total. The first kappa shape index (κ1) is 12.7. The zero-order valence-electron chi connectivity index (χ0n) is 11.8. The van der Waals surface area contributed by atoms with Crippen LogP contribution in [0.2, 0.25) is 0 Å². The van der Waals surface area contributed by atoms with E-state index < -0.39 is 0 Å². The number of nitrogen functional groups attached to an aromatic ring is 1. The fourth-order valence-electron chi connectivity index (χ4n) is 2.29. The summed E-state index contributed by atoms with van der Waals surface area (Å²) in [6.07, 6.45) is 0.812. The molecule has 0 saturated carbocycles. The molecule has 0 fully saturated rings. The molecular formula is C14H17N5O. The Labute approximate surface area is 116 Å². The van der Waals surface area contributed by atoms with Crippen molar-refractivity contribution in [2.75, 3.05) is 12.8 Å². The van der Waals surface area contributed by atoms with Crippen molar-refractivity contribution in [2.45, 2.75) is 20.3 Å². The zero-order valence-corrected chi connectivity index (χ0v) is 11.8. The van der Waals surface area contributed by atoms with Gasteiger partial charge in [0.15, 0.2) is 11.5 Å². The molecule has 0 unspecified atom stereocenters. The molecule has 0 atom stereocenters. The van der Waals surface area contributed by atoms with Crippen molar-refractivity contribution >= 4 is 22.5 Å². The molecule has 0 spiro atoms. The van der Waals surface area contributed by atoms with E-state index in [2.05, 4.69) is 28.9 Å². The second-order valence-corrected chi connectivity index (χ2v) is 5.19. The summed E-state index contributed by atoms with van der Waals surface area (Å²) < 4.78 is 6.92. The molecule has 3 aromatic rings. The largest absolute Gasteiger partial charge is 0.494 e. The van der Waals surface area contributed by atoms with Gasteiger partial charge in [0.1, 0.15) is 11.3 Å². The van der Waals surface area contributed by atoms with Crippen LogP contribution in [0.5, 0.6) is 5.75 Å². The number of ether oxygens (including phenoxy) is 1. The maximum atomic E-state index is 5.98. The van der Waals surface area contributed by atoms with Crippen LogP contribution in [0.25, 0.3) is 16.6 Å². The van der Waals surface area contributed by atoms with Crippen molar-refractivity contribution < 1.29 is 4.74 Å². The predicted molar refractivity (Wildman–Crippen MR) is 77.8 cm³/mol. The van der Waals surface area contributed by atoms with Crippen molar-refractivity contribution in [3.8, 4) is 5.75 Å². The van der Waals surface area contributed by atoms with Crippen LogP contribution in [-0.4, -0.2) is 26.7 Å². The first-order valence-corrected chi connectivity index (χ1v) is 6.58. The summed E-state index contributed by atoms with van der Waals surface area (Å²) in [5.74, 6) is 2.27. The summed E-state index contributed by atoms with van der Waals surface area (Å²) in [5, 5.41) is 5.33. The summed E-state index contributed by atoms with van der Waals surface area (Å²) >= 11 is 0. The summed E-state index contributed by atoms with van der Waals surface area (Å²) in [6, 6.07) is 5.72. The number of benzene rings is 1. The van der Waals surface area contributed by atoms with Gasteiger partial charge in [-0.3, -0.25) is 0 Å². The van der Waals surface area contributed by atoms with E-state index in [1.54, 1.807) is 11.6 Å². The lowest BCUT2D eigenvalue weighted by atomic mass is 10.1. The summed E-state index contributed by atoms with van der Waals surface area (Å²) in [7, 11) is 1.62. The molecule has 3 rings (SSSR count). The van der Waals surface area contributed by atoms with Crippen LogP contribution in [0.4, 0.5) is 5.95 Å². The third-order valence-corrected chi connectivity index (χ3v) is 3.15. The van der Waals surface area contributed by atoms with Crippen molar-refractivity contribution in [3.05, 3.63) is 24.0 Å². The van der Waals surface area contributed by atoms with Crippen LogP contribution in [0.3, 0.4) is 0 Å². The number of hydrogen-bond donors (Lipinski definition) is 1. The Kier molecular flexibility index (Phi) is 2.93. The second kappa shape index (κ2) is 4.63. The molecule has 2 aromatic heterocycles. The normalized spacial score (nSPS) is 11.6. The number of nitrogens with zero attached hydrogens (tertiary/aromatic N) is 4. The van der Waals surface area contributed by atoms with Gasteiger partial charge in [0.2, 0.25) is 5.95 Å². The minimum Gasteiger partial charge on any atom is -0.494 e. The van der Waals surface area contributed by atoms with E-state index in [1.165, 1.54) is 0 Å². The Morgan fingerprint density at radius 1 is 1.30 bits per heavy atom. The third kappa shape index (κ3) is 1.93. The number of fused-ring (bicyclic) bond motifs is 3. The maximum absolute atomic E-state index is 5.98. The Hall–Kier alpha value is -2.37. The smallest absolute Gasteiger partial charge is 0.223 e. The first-order valence-electron chi connectivity index (χ1n) is 6.58. The molecule has 6 heteroatoms. The number of aromatic nitrogens is 4. The molecule has 0 radical (unpaired) electrons. The number of methoxy groups -OCH3 is 1. The molecule has 1 aromatic carbocycles. The Morgan fingerprint density at radius 2 is 2.10 bits per heavy atom. The monoisotopic (exact) mass is 271 g/mol. The van der Waals surface area contributed by atoms with E-state index in [1.807, 2.05) is 18.2 Å². The van der Waals surface area contributed by atoms with Gasteiger partial charge in [-0.1, -0.05) is 19.9 Å². The molecule has 2 heterocycles. The van der Waals surface area contributed by atoms with Crippen molar-refractivity contribution in [3.63, 3.8) is 0 Å². The molecule has 0 bridgehead atoms. The third-order valence-electron chi connectivity index (χ3n) is 3.15. The fraction of sp³-hybridized carbons (Fsp3) is 0.357. The van der Waals surface area contributed by atoms with Gasteiger partial charge in [0.05, 0.1) is 7.11 Å². The van der Waals surface area contributed by atoms with E-state index in [0.717, 1.165) is 23.3 Å². The molecule has 0 aliphatic rings. The van der Waals surface area contributed by atoms with Crippen LogP contribution in [-0.2, 0) is 6.42 Å². The van der Waals surface area contributed by atoms with Crippen molar-refractivity contribution in [1.29, 1.82) is 0 Å². The van der Waals surface area contributed by atoms with E-state index in [0.29, 0.717) is 23.1 Å². The minimum atomic E-state index is 0.319. The fourth-order valence-corrected chi connectivity index (χ4v) is 2.29. The molecule has 0 amide bonds. The van der Waals surface area contributed by atoms with Crippen LogP contribution in [0.1, 0.15) is 19.7 Å². The SMILES string of the molecule is COc1cccc2c1nc(N)n1nc(CC(C)C)nc21. The van der Waals surface area contributed by atoms with Crippen molar-refractivity contribution in [2.24, 2.45) is 5.92 Å².